The maximum atomic E-state index is 10.2. The predicted octanol–water partition coefficient (Wildman–Crippen LogP) is 0.796. The van der Waals surface area contributed by atoms with E-state index < -0.39 is 6.10 Å². The second-order valence-electron chi connectivity index (χ2n) is 5.24. The van der Waals surface area contributed by atoms with E-state index in [9.17, 15) is 5.11 Å². The third-order valence-corrected chi connectivity index (χ3v) is 4.03. The molecule has 1 saturated heterocycles. The van der Waals surface area contributed by atoms with Gasteiger partial charge in [0, 0.05) is 29.7 Å². The smallest absolute Gasteiger partial charge is 0.204 e. The van der Waals surface area contributed by atoms with Crippen LogP contribution in [0.5, 0.6) is 0 Å². The van der Waals surface area contributed by atoms with Crippen LogP contribution in [0.1, 0.15) is 0 Å². The fourth-order valence-electron chi connectivity index (χ4n) is 2.36. The van der Waals surface area contributed by atoms with Crippen LogP contribution < -0.4 is 0 Å². The van der Waals surface area contributed by atoms with Crippen molar-refractivity contribution in [1.82, 2.24) is 25.1 Å². The molecule has 1 aromatic heterocycles. The molecule has 0 radical (unpaired) electrons. The van der Waals surface area contributed by atoms with Gasteiger partial charge in [0.2, 0.25) is 5.82 Å². The molecular weight excluding hydrogens is 350 g/mol. The molecule has 0 amide bonds. The Kier molecular flexibility index (Phi) is 5.14. The van der Waals surface area contributed by atoms with Crippen molar-refractivity contribution < 1.29 is 9.84 Å². The van der Waals surface area contributed by atoms with E-state index in [0.717, 1.165) is 36.3 Å². The number of hydrogen-bond acceptors (Lipinski definition) is 6. The number of rotatable bonds is 5. The lowest BCUT2D eigenvalue weighted by atomic mass is 10.2. The highest BCUT2D eigenvalue weighted by Crippen LogP contribution is 2.17. The van der Waals surface area contributed by atoms with E-state index in [1.54, 1.807) is 0 Å². The van der Waals surface area contributed by atoms with Gasteiger partial charge in [-0.05, 0) is 29.5 Å². The van der Waals surface area contributed by atoms with Crippen LogP contribution in [0, 0.1) is 0 Å². The van der Waals surface area contributed by atoms with Crippen LogP contribution in [0.25, 0.3) is 11.4 Å². The Balaban J connectivity index is 1.57. The van der Waals surface area contributed by atoms with Crippen molar-refractivity contribution in [3.63, 3.8) is 0 Å². The highest BCUT2D eigenvalue weighted by Gasteiger charge is 2.16. The Morgan fingerprint density at radius 2 is 1.91 bits per heavy atom. The number of benzene rings is 1. The van der Waals surface area contributed by atoms with Crippen LogP contribution in [0.3, 0.4) is 0 Å². The van der Waals surface area contributed by atoms with Crippen LogP contribution in [-0.2, 0) is 11.3 Å². The summed E-state index contributed by atoms with van der Waals surface area (Å²) >= 11 is 3.39. The average Bonchev–Trinajstić information content (AvgIpc) is 2.97. The maximum Gasteiger partial charge on any atom is 0.204 e. The molecule has 22 heavy (non-hydrogen) atoms. The van der Waals surface area contributed by atoms with Gasteiger partial charge < -0.3 is 9.84 Å². The lowest BCUT2D eigenvalue weighted by Crippen LogP contribution is -2.42. The van der Waals surface area contributed by atoms with Gasteiger partial charge in [-0.1, -0.05) is 15.9 Å². The number of halogens is 1. The molecule has 0 bridgehead atoms. The molecule has 7 nitrogen and oxygen atoms in total. The van der Waals surface area contributed by atoms with Crippen molar-refractivity contribution in [2.24, 2.45) is 0 Å². The van der Waals surface area contributed by atoms with E-state index in [1.807, 2.05) is 24.3 Å². The largest absolute Gasteiger partial charge is 0.390 e. The monoisotopic (exact) mass is 367 g/mol. The molecule has 1 atom stereocenters. The Labute approximate surface area is 137 Å². The lowest BCUT2D eigenvalue weighted by Gasteiger charge is -2.28. The second-order valence-corrected chi connectivity index (χ2v) is 6.16. The van der Waals surface area contributed by atoms with Gasteiger partial charge in [0.05, 0.1) is 25.9 Å². The molecule has 0 saturated carbocycles. The number of aliphatic hydroxyl groups is 1. The van der Waals surface area contributed by atoms with Crippen LogP contribution >= 0.6 is 15.9 Å². The van der Waals surface area contributed by atoms with E-state index in [2.05, 4.69) is 36.2 Å². The maximum absolute atomic E-state index is 10.2. The number of aromatic nitrogens is 4. The molecule has 1 unspecified atom stereocenters. The second kappa shape index (κ2) is 7.28. The summed E-state index contributed by atoms with van der Waals surface area (Å²) in [6.45, 7) is 4.08. The van der Waals surface area contributed by atoms with Crippen molar-refractivity contribution in [3.8, 4) is 11.4 Å². The predicted molar refractivity (Wildman–Crippen MR) is 84.2 cm³/mol. The first-order valence-electron chi connectivity index (χ1n) is 7.22. The normalized spacial score (nSPS) is 17.5. The van der Waals surface area contributed by atoms with Gasteiger partial charge in [-0.2, -0.15) is 4.80 Å². The van der Waals surface area contributed by atoms with Crippen molar-refractivity contribution in [2.45, 2.75) is 12.6 Å². The number of morpholine rings is 1. The van der Waals surface area contributed by atoms with Gasteiger partial charge >= 0.3 is 0 Å². The molecule has 1 aromatic carbocycles. The Bertz CT molecular complexity index is 598. The number of ether oxygens (including phenoxy) is 1. The third-order valence-electron chi connectivity index (χ3n) is 3.50. The molecule has 3 rings (SSSR count). The minimum absolute atomic E-state index is 0.334. The van der Waals surface area contributed by atoms with Crippen LogP contribution in [0.4, 0.5) is 0 Å². The number of hydrogen-bond donors (Lipinski definition) is 1. The molecule has 1 fully saturated rings. The third kappa shape index (κ3) is 4.10. The number of aliphatic hydroxyl groups excluding tert-OH is 1. The molecule has 1 aliphatic rings. The highest BCUT2D eigenvalue weighted by molar-refractivity contribution is 9.10. The molecule has 0 spiro atoms. The van der Waals surface area contributed by atoms with Crippen molar-refractivity contribution in [1.29, 1.82) is 0 Å². The summed E-state index contributed by atoms with van der Waals surface area (Å²) in [6.07, 6.45) is -0.523. The van der Waals surface area contributed by atoms with Gasteiger partial charge in [0.15, 0.2) is 0 Å². The molecule has 1 N–H and O–H groups in total. The van der Waals surface area contributed by atoms with Crippen molar-refractivity contribution in [3.05, 3.63) is 28.7 Å². The van der Waals surface area contributed by atoms with Crippen molar-refractivity contribution in [2.75, 3.05) is 32.8 Å². The van der Waals surface area contributed by atoms with E-state index >= 15 is 0 Å². The zero-order chi connectivity index (χ0) is 15.4. The summed E-state index contributed by atoms with van der Waals surface area (Å²) in [6, 6.07) is 7.72. The summed E-state index contributed by atoms with van der Waals surface area (Å²) in [4.78, 5) is 3.63. The first kappa shape index (κ1) is 15.5. The first-order chi connectivity index (χ1) is 10.7. The lowest BCUT2D eigenvalue weighted by molar-refractivity contribution is 0.00988. The van der Waals surface area contributed by atoms with Crippen molar-refractivity contribution >= 4 is 15.9 Å². The van der Waals surface area contributed by atoms with E-state index in [1.165, 1.54) is 4.80 Å². The zero-order valence-electron chi connectivity index (χ0n) is 12.1. The first-order valence-corrected chi connectivity index (χ1v) is 8.02. The summed E-state index contributed by atoms with van der Waals surface area (Å²) in [5, 5.41) is 22.5. The fraction of sp³-hybridized carbons (Fsp3) is 0.500. The van der Waals surface area contributed by atoms with Gasteiger partial charge in [-0.15, -0.1) is 10.2 Å². The SMILES string of the molecule is OC(CN1CCOCC1)Cn1nnc(-c2ccc(Br)cc2)n1. The fourth-order valence-corrected chi connectivity index (χ4v) is 2.63. The Morgan fingerprint density at radius 3 is 2.64 bits per heavy atom. The standard InChI is InChI=1S/C14H18BrN5O2/c15-12-3-1-11(2-4-12)14-16-18-20(17-14)10-13(21)9-19-5-7-22-8-6-19/h1-4,13,21H,5-10H2. The quantitative estimate of drug-likeness (QED) is 0.841. The number of β-amino-alcohol motifs (C(OH)–C–C–N with tert-alkyl or cyclic N) is 1. The van der Waals surface area contributed by atoms with Crippen LogP contribution in [0.2, 0.25) is 0 Å². The van der Waals surface area contributed by atoms with Crippen LogP contribution in [0.15, 0.2) is 28.7 Å². The summed E-state index contributed by atoms with van der Waals surface area (Å²) in [5.41, 5.74) is 0.900. The van der Waals surface area contributed by atoms with Gasteiger partial charge in [0.1, 0.15) is 0 Å². The number of tetrazole rings is 1. The Morgan fingerprint density at radius 1 is 1.18 bits per heavy atom. The highest BCUT2D eigenvalue weighted by atomic mass is 79.9. The molecule has 1 aliphatic heterocycles. The van der Waals surface area contributed by atoms with E-state index in [4.69, 9.17) is 4.74 Å². The van der Waals surface area contributed by atoms with Gasteiger partial charge in [0.25, 0.3) is 0 Å². The van der Waals surface area contributed by atoms with E-state index in [0.29, 0.717) is 18.9 Å². The Hall–Kier alpha value is -1.35. The van der Waals surface area contributed by atoms with Gasteiger partial charge in [-0.3, -0.25) is 4.90 Å². The summed E-state index contributed by atoms with van der Waals surface area (Å²) in [7, 11) is 0. The topological polar surface area (TPSA) is 76.3 Å². The average molecular weight is 368 g/mol. The zero-order valence-corrected chi connectivity index (χ0v) is 13.7. The molecule has 0 aliphatic carbocycles. The minimum Gasteiger partial charge on any atom is -0.390 e. The molecule has 8 heteroatoms. The van der Waals surface area contributed by atoms with Crippen LogP contribution in [-0.4, -0.2) is 69.2 Å². The number of nitrogens with zero attached hydrogens (tertiary/aromatic N) is 5. The molecule has 118 valence electrons. The molecular formula is C14H18BrN5O2. The molecule has 2 heterocycles. The summed E-state index contributed by atoms with van der Waals surface area (Å²) < 4.78 is 6.30. The van der Waals surface area contributed by atoms with E-state index in [-0.39, 0.29) is 0 Å². The van der Waals surface area contributed by atoms with Gasteiger partial charge in [-0.25, -0.2) is 0 Å². The minimum atomic E-state index is -0.523. The molecule has 2 aromatic rings. The summed E-state index contributed by atoms with van der Waals surface area (Å²) in [5.74, 6) is 0.561.